The third-order valence-corrected chi connectivity index (χ3v) is 4.65. The molecule has 110 valence electrons. The van der Waals surface area contributed by atoms with E-state index in [2.05, 4.69) is 10.6 Å². The summed E-state index contributed by atoms with van der Waals surface area (Å²) in [5, 5.41) is 0. The number of hydrogen-bond donors (Lipinski definition) is 0. The van der Waals surface area contributed by atoms with Gasteiger partial charge in [-0.25, -0.2) is 0 Å². The van der Waals surface area contributed by atoms with Gasteiger partial charge < -0.3 is 9.30 Å². The summed E-state index contributed by atoms with van der Waals surface area (Å²) in [6.45, 7) is 0. The summed E-state index contributed by atoms with van der Waals surface area (Å²) in [5.41, 5.74) is 1.68. The number of ether oxygens (including phenoxy) is 1. The highest BCUT2D eigenvalue weighted by atomic mass is 16.5. The van der Waals surface area contributed by atoms with E-state index in [-0.39, 0.29) is 0 Å². The van der Waals surface area contributed by atoms with Crippen molar-refractivity contribution in [1.82, 2.24) is 4.57 Å². The Morgan fingerprint density at radius 1 is 1.14 bits per heavy atom. The molecule has 1 unspecified atom stereocenters. The maximum atomic E-state index is 12.9. The molecule has 1 fully saturated rings. The zero-order valence-electron chi connectivity index (χ0n) is 12.6. The molecule has 3 rings (SSSR count). The largest absolute Gasteiger partial charge is 0.497 e. The summed E-state index contributed by atoms with van der Waals surface area (Å²) in [6, 6.07) is 12.1. The Labute approximate surface area is 125 Å². The molecular weight excluding hydrogens is 262 g/mol. The smallest absolute Gasteiger partial charge is 0.149 e. The van der Waals surface area contributed by atoms with E-state index in [1.165, 1.54) is 0 Å². The van der Waals surface area contributed by atoms with Gasteiger partial charge in [-0.3, -0.25) is 4.79 Å². The Morgan fingerprint density at radius 3 is 2.48 bits per heavy atom. The Balaban J connectivity index is 2.16. The van der Waals surface area contributed by atoms with Crippen LogP contribution in [-0.2, 0) is 17.3 Å². The molecule has 0 amide bonds. The van der Waals surface area contributed by atoms with Crippen molar-refractivity contribution in [1.29, 1.82) is 0 Å². The van der Waals surface area contributed by atoms with Gasteiger partial charge >= 0.3 is 0 Å². The monoisotopic (exact) mass is 283 g/mol. The van der Waals surface area contributed by atoms with Crippen LogP contribution >= 0.6 is 0 Å². The van der Waals surface area contributed by atoms with Gasteiger partial charge in [-0.1, -0.05) is 18.6 Å². The zero-order valence-corrected chi connectivity index (χ0v) is 12.6. The molecule has 0 spiro atoms. The normalized spacial score (nSPS) is 22.3. The third kappa shape index (κ3) is 2.17. The van der Waals surface area contributed by atoms with Crippen molar-refractivity contribution in [2.24, 2.45) is 7.05 Å². The fourth-order valence-corrected chi connectivity index (χ4v) is 3.53. The first-order valence-corrected chi connectivity index (χ1v) is 7.48. The molecule has 21 heavy (non-hydrogen) atoms. The highest BCUT2D eigenvalue weighted by Crippen LogP contribution is 2.42. The first kappa shape index (κ1) is 13.9. The highest BCUT2D eigenvalue weighted by molar-refractivity contribution is 5.94. The standard InChI is InChI=1S/C18H21NO2/c1-19-13-5-6-16(19)18(12-4-3-7-17(18)20)14-8-10-15(21-2)11-9-14/h5-6,8-11,13H,3-4,7,12H2,1-2H3. The van der Waals surface area contributed by atoms with E-state index in [0.29, 0.717) is 12.2 Å². The number of rotatable bonds is 3. The minimum absolute atomic E-state index is 0.334. The van der Waals surface area contributed by atoms with E-state index in [1.807, 2.05) is 43.6 Å². The molecule has 1 aliphatic carbocycles. The lowest BCUT2D eigenvalue weighted by molar-refractivity contribution is -0.125. The minimum Gasteiger partial charge on any atom is -0.497 e. The van der Waals surface area contributed by atoms with Crippen molar-refractivity contribution in [2.45, 2.75) is 31.1 Å². The van der Waals surface area contributed by atoms with Gasteiger partial charge in [-0.2, -0.15) is 0 Å². The molecular formula is C18H21NO2. The molecule has 0 bridgehead atoms. The van der Waals surface area contributed by atoms with Crippen LogP contribution in [0.3, 0.4) is 0 Å². The maximum Gasteiger partial charge on any atom is 0.149 e. The summed E-state index contributed by atoms with van der Waals surface area (Å²) in [6.07, 6.45) is 5.65. The lowest BCUT2D eigenvalue weighted by Crippen LogP contribution is -2.41. The minimum atomic E-state index is -0.497. The van der Waals surface area contributed by atoms with E-state index in [4.69, 9.17) is 4.74 Å². The van der Waals surface area contributed by atoms with E-state index >= 15 is 0 Å². The van der Waals surface area contributed by atoms with Gasteiger partial charge in [0.1, 0.15) is 11.5 Å². The van der Waals surface area contributed by atoms with E-state index in [9.17, 15) is 4.79 Å². The van der Waals surface area contributed by atoms with E-state index in [0.717, 1.165) is 36.3 Å². The average Bonchev–Trinajstić information content (AvgIpc) is 2.95. The Bertz CT molecular complexity index is 641. The summed E-state index contributed by atoms with van der Waals surface area (Å²) < 4.78 is 7.32. The number of Topliss-reactive ketones (excluding diaryl/α,β-unsaturated/α-hetero) is 1. The van der Waals surface area contributed by atoms with Crippen molar-refractivity contribution in [2.75, 3.05) is 7.11 Å². The quantitative estimate of drug-likeness (QED) is 0.863. The summed E-state index contributed by atoms with van der Waals surface area (Å²) in [5.74, 6) is 1.16. The molecule has 1 atom stereocenters. The Hall–Kier alpha value is -2.03. The second-order valence-electron chi connectivity index (χ2n) is 5.77. The molecule has 1 aromatic carbocycles. The molecule has 3 nitrogen and oxygen atoms in total. The number of methoxy groups -OCH3 is 1. The fraction of sp³-hybridized carbons (Fsp3) is 0.389. The second-order valence-corrected chi connectivity index (χ2v) is 5.77. The van der Waals surface area contributed by atoms with Crippen molar-refractivity contribution in [3.63, 3.8) is 0 Å². The van der Waals surface area contributed by atoms with Crippen LogP contribution < -0.4 is 4.74 Å². The SMILES string of the molecule is COc1ccc(C2(c3cccn3C)CCCCC2=O)cc1. The zero-order chi connectivity index (χ0) is 14.9. The number of ketones is 1. The molecule has 0 N–H and O–H groups in total. The van der Waals surface area contributed by atoms with Crippen molar-refractivity contribution in [3.05, 3.63) is 53.9 Å². The molecule has 2 aromatic rings. The highest BCUT2D eigenvalue weighted by Gasteiger charge is 2.44. The van der Waals surface area contributed by atoms with Crippen LogP contribution in [0.2, 0.25) is 0 Å². The summed E-state index contributed by atoms with van der Waals surface area (Å²) >= 11 is 0. The van der Waals surface area contributed by atoms with Crippen LogP contribution in [0.5, 0.6) is 5.75 Å². The van der Waals surface area contributed by atoms with E-state index in [1.54, 1.807) is 7.11 Å². The van der Waals surface area contributed by atoms with Crippen molar-refractivity contribution in [3.8, 4) is 5.75 Å². The maximum absolute atomic E-state index is 12.9. The molecule has 3 heteroatoms. The van der Waals surface area contributed by atoms with Crippen LogP contribution in [0.4, 0.5) is 0 Å². The number of benzene rings is 1. The molecule has 0 saturated heterocycles. The van der Waals surface area contributed by atoms with E-state index < -0.39 is 5.41 Å². The van der Waals surface area contributed by atoms with Gasteiger partial charge in [-0.15, -0.1) is 0 Å². The first-order valence-electron chi connectivity index (χ1n) is 7.48. The van der Waals surface area contributed by atoms with Crippen molar-refractivity contribution >= 4 is 5.78 Å². The second kappa shape index (κ2) is 5.40. The molecule has 0 radical (unpaired) electrons. The lowest BCUT2D eigenvalue weighted by atomic mass is 9.66. The summed E-state index contributed by atoms with van der Waals surface area (Å²) in [7, 11) is 3.68. The molecule has 1 saturated carbocycles. The summed E-state index contributed by atoms with van der Waals surface area (Å²) in [4.78, 5) is 12.9. The number of aromatic nitrogens is 1. The fourth-order valence-electron chi connectivity index (χ4n) is 3.53. The van der Waals surface area contributed by atoms with Gasteiger partial charge in [0.05, 0.1) is 12.5 Å². The molecule has 1 aromatic heterocycles. The van der Waals surface area contributed by atoms with Crippen molar-refractivity contribution < 1.29 is 9.53 Å². The van der Waals surface area contributed by atoms with Gasteiger partial charge in [0, 0.05) is 25.4 Å². The number of nitrogens with zero attached hydrogens (tertiary/aromatic N) is 1. The lowest BCUT2D eigenvalue weighted by Gasteiger charge is -2.37. The van der Waals surface area contributed by atoms with Crippen LogP contribution in [0.15, 0.2) is 42.6 Å². The molecule has 1 aliphatic rings. The predicted molar refractivity (Wildman–Crippen MR) is 82.7 cm³/mol. The third-order valence-electron chi connectivity index (χ3n) is 4.65. The number of carbonyl (C=O) groups excluding carboxylic acids is 1. The van der Waals surface area contributed by atoms with Gasteiger partial charge in [0.2, 0.25) is 0 Å². The topological polar surface area (TPSA) is 31.2 Å². The van der Waals surface area contributed by atoms with Gasteiger partial charge in [0.15, 0.2) is 0 Å². The van der Waals surface area contributed by atoms with Crippen LogP contribution in [0.25, 0.3) is 0 Å². The van der Waals surface area contributed by atoms with Gasteiger partial charge in [-0.05, 0) is 42.7 Å². The Kier molecular flexibility index (Phi) is 3.58. The van der Waals surface area contributed by atoms with Crippen LogP contribution in [0, 0.1) is 0 Å². The number of carbonyl (C=O) groups is 1. The van der Waals surface area contributed by atoms with Gasteiger partial charge in [0.25, 0.3) is 0 Å². The van der Waals surface area contributed by atoms with Crippen LogP contribution in [-0.4, -0.2) is 17.5 Å². The molecule has 1 heterocycles. The molecule has 0 aliphatic heterocycles. The Morgan fingerprint density at radius 2 is 1.90 bits per heavy atom. The number of aryl methyl sites for hydroxylation is 1. The predicted octanol–water partition coefficient (Wildman–Crippen LogP) is 3.46. The number of hydrogen-bond acceptors (Lipinski definition) is 2. The average molecular weight is 283 g/mol. The van der Waals surface area contributed by atoms with Crippen LogP contribution in [0.1, 0.15) is 36.9 Å². The first-order chi connectivity index (χ1) is 10.2.